The first-order valence-corrected chi connectivity index (χ1v) is 8.40. The average Bonchev–Trinajstić information content (AvgIpc) is 2.72. The zero-order chi connectivity index (χ0) is 15.0. The minimum atomic E-state index is -0.387. The lowest BCUT2D eigenvalue weighted by molar-refractivity contribution is 0.101. The molecular formula is C16H19Cl2FN2. The summed E-state index contributed by atoms with van der Waals surface area (Å²) in [7, 11) is 0. The van der Waals surface area contributed by atoms with E-state index in [9.17, 15) is 4.39 Å². The number of halogens is 3. The Morgan fingerprint density at radius 2 is 2.14 bits per heavy atom. The summed E-state index contributed by atoms with van der Waals surface area (Å²) in [5, 5.41) is 0.124. The van der Waals surface area contributed by atoms with Gasteiger partial charge < -0.3 is 4.57 Å². The summed E-state index contributed by atoms with van der Waals surface area (Å²) in [4.78, 5) is 4.61. The Morgan fingerprint density at radius 3 is 2.71 bits per heavy atom. The van der Waals surface area contributed by atoms with Crippen LogP contribution in [-0.4, -0.2) is 15.4 Å². The largest absolute Gasteiger partial charge is 0.327 e. The Hall–Kier alpha value is -0.800. The lowest BCUT2D eigenvalue weighted by atomic mass is 9.67. The zero-order valence-electron chi connectivity index (χ0n) is 12.1. The summed E-state index contributed by atoms with van der Waals surface area (Å²) in [5.41, 5.74) is 1.92. The predicted octanol–water partition coefficient (Wildman–Crippen LogP) is 5.19. The summed E-state index contributed by atoms with van der Waals surface area (Å²) >= 11 is 11.8. The molecule has 0 bridgehead atoms. The van der Waals surface area contributed by atoms with Gasteiger partial charge in [-0.25, -0.2) is 9.37 Å². The van der Waals surface area contributed by atoms with E-state index in [1.807, 2.05) is 0 Å². The van der Waals surface area contributed by atoms with Crippen LogP contribution >= 0.6 is 23.2 Å². The van der Waals surface area contributed by atoms with Gasteiger partial charge in [-0.1, -0.05) is 24.9 Å². The topological polar surface area (TPSA) is 17.8 Å². The molecule has 3 rings (SSSR count). The molecule has 0 unspecified atom stereocenters. The van der Waals surface area contributed by atoms with Gasteiger partial charge >= 0.3 is 0 Å². The molecule has 0 saturated heterocycles. The monoisotopic (exact) mass is 328 g/mol. The van der Waals surface area contributed by atoms with Crippen LogP contribution in [0.5, 0.6) is 0 Å². The van der Waals surface area contributed by atoms with Gasteiger partial charge in [0.15, 0.2) is 0 Å². The first kappa shape index (κ1) is 15.1. The molecule has 1 aliphatic rings. The van der Waals surface area contributed by atoms with E-state index in [-0.39, 0.29) is 10.8 Å². The molecule has 1 aromatic heterocycles. The Kier molecular flexibility index (Phi) is 4.15. The van der Waals surface area contributed by atoms with Gasteiger partial charge in [0.25, 0.3) is 0 Å². The van der Waals surface area contributed by atoms with Crippen molar-refractivity contribution in [2.75, 3.05) is 5.88 Å². The van der Waals surface area contributed by atoms with E-state index in [1.54, 1.807) is 6.07 Å². The highest BCUT2D eigenvalue weighted by Crippen LogP contribution is 2.46. The number of aryl methyl sites for hydroxylation is 1. The molecular weight excluding hydrogens is 310 g/mol. The predicted molar refractivity (Wildman–Crippen MR) is 85.7 cm³/mol. The molecule has 2 nitrogen and oxygen atoms in total. The first-order valence-electron chi connectivity index (χ1n) is 7.49. The van der Waals surface area contributed by atoms with Gasteiger partial charge in [-0.05, 0) is 30.7 Å². The van der Waals surface area contributed by atoms with Gasteiger partial charge in [0.05, 0.1) is 16.1 Å². The van der Waals surface area contributed by atoms with Crippen LogP contribution in [0.1, 0.15) is 38.4 Å². The number of aromatic nitrogens is 2. The standard InChI is InChI=1S/C16H19Cl2FN2/c1-2-16(5-3-6-16)10-21-14-9-12(19)11(18)8-13(14)20-15(21)4-7-17/h8-9H,2-7,10H2,1H3. The second-order valence-corrected chi connectivity index (χ2v) is 6.80. The maximum absolute atomic E-state index is 13.8. The van der Waals surface area contributed by atoms with E-state index in [4.69, 9.17) is 23.2 Å². The Balaban J connectivity index is 2.09. The summed E-state index contributed by atoms with van der Waals surface area (Å²) in [5.74, 6) is 1.06. The van der Waals surface area contributed by atoms with Crippen molar-refractivity contribution in [3.63, 3.8) is 0 Å². The molecule has 1 aliphatic carbocycles. The maximum atomic E-state index is 13.8. The highest BCUT2D eigenvalue weighted by atomic mass is 35.5. The number of alkyl halides is 1. The van der Waals surface area contributed by atoms with Crippen LogP contribution in [0, 0.1) is 11.2 Å². The Morgan fingerprint density at radius 1 is 1.38 bits per heavy atom. The molecule has 114 valence electrons. The van der Waals surface area contributed by atoms with Crippen LogP contribution in [0.4, 0.5) is 4.39 Å². The molecule has 0 N–H and O–H groups in total. The fraction of sp³-hybridized carbons (Fsp3) is 0.562. The maximum Gasteiger partial charge on any atom is 0.144 e. The first-order chi connectivity index (χ1) is 10.1. The van der Waals surface area contributed by atoms with Gasteiger partial charge in [-0.15, -0.1) is 11.6 Å². The van der Waals surface area contributed by atoms with Crippen molar-refractivity contribution in [1.29, 1.82) is 0 Å². The third-order valence-corrected chi connectivity index (χ3v) is 5.32. The number of fused-ring (bicyclic) bond motifs is 1. The lowest BCUT2D eigenvalue weighted by Gasteiger charge is -2.42. The van der Waals surface area contributed by atoms with E-state index < -0.39 is 0 Å². The molecule has 21 heavy (non-hydrogen) atoms. The van der Waals surface area contributed by atoms with Crippen LogP contribution in [0.3, 0.4) is 0 Å². The highest BCUT2D eigenvalue weighted by Gasteiger charge is 2.36. The number of rotatable bonds is 5. The van der Waals surface area contributed by atoms with Crippen LogP contribution in [0.2, 0.25) is 5.02 Å². The molecule has 0 atom stereocenters. The molecule has 1 aromatic carbocycles. The number of benzene rings is 1. The van der Waals surface area contributed by atoms with E-state index in [0.717, 1.165) is 29.8 Å². The molecule has 1 heterocycles. The number of imidazole rings is 1. The molecule has 0 spiro atoms. The van der Waals surface area contributed by atoms with Crippen molar-refractivity contribution in [1.82, 2.24) is 9.55 Å². The normalized spacial score (nSPS) is 17.1. The molecule has 1 fully saturated rings. The third-order valence-electron chi connectivity index (χ3n) is 4.85. The minimum Gasteiger partial charge on any atom is -0.327 e. The number of hydrogen-bond acceptors (Lipinski definition) is 1. The molecule has 0 amide bonds. The lowest BCUT2D eigenvalue weighted by Crippen LogP contribution is -2.34. The fourth-order valence-electron chi connectivity index (χ4n) is 3.26. The Labute approximate surface area is 134 Å². The Bertz CT molecular complexity index is 656. The van der Waals surface area contributed by atoms with Crippen LogP contribution in [0.15, 0.2) is 12.1 Å². The molecule has 2 aromatic rings. The van der Waals surface area contributed by atoms with Gasteiger partial charge in [0.1, 0.15) is 11.6 Å². The number of hydrogen-bond donors (Lipinski definition) is 0. The second kappa shape index (κ2) is 5.77. The van der Waals surface area contributed by atoms with Gasteiger partial charge in [-0.3, -0.25) is 0 Å². The van der Waals surface area contributed by atoms with Gasteiger partial charge in [0, 0.05) is 24.9 Å². The molecule has 0 radical (unpaired) electrons. The van der Waals surface area contributed by atoms with Crippen molar-refractivity contribution in [3.05, 3.63) is 28.8 Å². The van der Waals surface area contributed by atoms with Crippen LogP contribution in [0.25, 0.3) is 11.0 Å². The molecule has 0 aliphatic heterocycles. The fourth-order valence-corrected chi connectivity index (χ4v) is 3.58. The van der Waals surface area contributed by atoms with E-state index in [0.29, 0.717) is 17.7 Å². The highest BCUT2D eigenvalue weighted by molar-refractivity contribution is 6.31. The van der Waals surface area contributed by atoms with Crippen molar-refractivity contribution in [3.8, 4) is 0 Å². The quantitative estimate of drug-likeness (QED) is 0.690. The van der Waals surface area contributed by atoms with Crippen LogP contribution < -0.4 is 0 Å². The minimum absolute atomic E-state index is 0.124. The van der Waals surface area contributed by atoms with Gasteiger partial charge in [-0.2, -0.15) is 0 Å². The molecule has 5 heteroatoms. The summed E-state index contributed by atoms with van der Waals surface area (Å²) in [6.07, 6.45) is 5.59. The van der Waals surface area contributed by atoms with Crippen LogP contribution in [-0.2, 0) is 13.0 Å². The summed E-state index contributed by atoms with van der Waals surface area (Å²) in [6.45, 7) is 3.13. The number of nitrogens with zero attached hydrogens (tertiary/aromatic N) is 2. The summed E-state index contributed by atoms with van der Waals surface area (Å²) < 4.78 is 16.0. The molecule has 1 saturated carbocycles. The van der Waals surface area contributed by atoms with E-state index in [1.165, 1.54) is 25.3 Å². The van der Waals surface area contributed by atoms with Crippen molar-refractivity contribution in [2.24, 2.45) is 5.41 Å². The van der Waals surface area contributed by atoms with Gasteiger partial charge in [0.2, 0.25) is 0 Å². The zero-order valence-corrected chi connectivity index (χ0v) is 13.6. The second-order valence-electron chi connectivity index (χ2n) is 6.02. The average molecular weight is 329 g/mol. The van der Waals surface area contributed by atoms with E-state index >= 15 is 0 Å². The van der Waals surface area contributed by atoms with Crippen molar-refractivity contribution >= 4 is 34.2 Å². The van der Waals surface area contributed by atoms with E-state index in [2.05, 4.69) is 16.5 Å². The summed E-state index contributed by atoms with van der Waals surface area (Å²) in [6, 6.07) is 3.12. The van der Waals surface area contributed by atoms with Crippen molar-refractivity contribution < 1.29 is 4.39 Å². The van der Waals surface area contributed by atoms with Crippen molar-refractivity contribution in [2.45, 2.75) is 45.6 Å². The SMILES string of the molecule is CCC1(Cn2c(CCCl)nc3cc(Cl)c(F)cc32)CCC1. The smallest absolute Gasteiger partial charge is 0.144 e. The third kappa shape index (κ3) is 2.66.